The topological polar surface area (TPSA) is 44.8 Å². The molecule has 0 saturated carbocycles. The maximum Gasteiger partial charge on any atom is 0.338 e. The molecule has 0 fully saturated rings. The van der Waals surface area contributed by atoms with Gasteiger partial charge in [-0.1, -0.05) is 121 Å². The fourth-order valence-electron chi connectivity index (χ4n) is 4.86. The zero-order valence-corrected chi connectivity index (χ0v) is 25.7. The minimum atomic E-state index is -0.319. The van der Waals surface area contributed by atoms with Crippen LogP contribution in [0, 0.1) is 5.92 Å². The van der Waals surface area contributed by atoms with Gasteiger partial charge in [-0.3, -0.25) is 0 Å². The Morgan fingerprint density at radius 2 is 1.12 bits per heavy atom. The van der Waals surface area contributed by atoms with Crippen molar-refractivity contribution in [2.45, 2.75) is 91.6 Å². The number of carbonyl (C=O) groups excluding carboxylic acids is 1. The van der Waals surface area contributed by atoms with Crippen LogP contribution in [0.5, 0.6) is 5.75 Å². The highest BCUT2D eigenvalue weighted by molar-refractivity contribution is 5.90. The van der Waals surface area contributed by atoms with E-state index in [0.29, 0.717) is 24.7 Å². The van der Waals surface area contributed by atoms with Crippen LogP contribution in [0.15, 0.2) is 72.8 Å². The minimum absolute atomic E-state index is 0.283. The number of hydrogen-bond acceptors (Lipinski definition) is 4. The molecule has 0 heterocycles. The van der Waals surface area contributed by atoms with E-state index in [1.165, 1.54) is 38.5 Å². The smallest absolute Gasteiger partial charge is 0.338 e. The lowest BCUT2D eigenvalue weighted by Crippen LogP contribution is -2.22. The lowest BCUT2D eigenvalue weighted by molar-refractivity contribution is -0.00516. The van der Waals surface area contributed by atoms with Crippen LogP contribution in [0.4, 0.5) is 0 Å². The summed E-state index contributed by atoms with van der Waals surface area (Å²) in [5.41, 5.74) is 5.03. The Hall–Kier alpha value is -3.11. The zero-order chi connectivity index (χ0) is 29.3. The van der Waals surface area contributed by atoms with E-state index in [1.54, 1.807) is 0 Å². The first-order valence-corrected chi connectivity index (χ1v) is 15.8. The van der Waals surface area contributed by atoms with Gasteiger partial charge in [0.1, 0.15) is 11.9 Å². The first-order valence-electron chi connectivity index (χ1n) is 15.8. The molecule has 3 aromatic carbocycles. The lowest BCUT2D eigenvalue weighted by Gasteiger charge is -2.17. The largest absolute Gasteiger partial charge is 0.494 e. The highest BCUT2D eigenvalue weighted by Crippen LogP contribution is 2.27. The summed E-state index contributed by atoms with van der Waals surface area (Å²) in [7, 11) is 0. The summed E-state index contributed by atoms with van der Waals surface area (Å²) >= 11 is 0. The van der Waals surface area contributed by atoms with E-state index >= 15 is 0 Å². The molecule has 222 valence electrons. The molecule has 3 rings (SSSR count). The van der Waals surface area contributed by atoms with Crippen molar-refractivity contribution in [1.29, 1.82) is 0 Å². The Kier molecular flexibility index (Phi) is 14.5. The van der Waals surface area contributed by atoms with E-state index in [-0.39, 0.29) is 12.1 Å². The van der Waals surface area contributed by atoms with Gasteiger partial charge in [-0.2, -0.15) is 0 Å². The van der Waals surface area contributed by atoms with Crippen LogP contribution in [0.25, 0.3) is 22.3 Å². The molecular formula is C37H50O4. The molecule has 0 spiro atoms. The van der Waals surface area contributed by atoms with E-state index in [1.807, 2.05) is 31.2 Å². The summed E-state index contributed by atoms with van der Waals surface area (Å²) in [4.78, 5) is 12.6. The number of unbranched alkanes of at least 4 members (excludes halogenated alkanes) is 6. The molecule has 4 heteroatoms. The third-order valence-electron chi connectivity index (χ3n) is 7.71. The molecule has 0 aliphatic rings. The van der Waals surface area contributed by atoms with Crippen molar-refractivity contribution in [2.24, 2.45) is 5.92 Å². The Morgan fingerprint density at radius 3 is 1.66 bits per heavy atom. The molecule has 41 heavy (non-hydrogen) atoms. The van der Waals surface area contributed by atoms with Crippen molar-refractivity contribution >= 4 is 5.97 Å². The molecule has 0 aromatic heterocycles. The third-order valence-corrected chi connectivity index (χ3v) is 7.71. The molecule has 0 unspecified atom stereocenters. The Balaban J connectivity index is 1.44. The molecule has 0 amide bonds. The molecule has 0 aliphatic heterocycles. The highest BCUT2D eigenvalue weighted by Gasteiger charge is 2.13. The van der Waals surface area contributed by atoms with Crippen molar-refractivity contribution in [3.8, 4) is 28.0 Å². The van der Waals surface area contributed by atoms with Crippen molar-refractivity contribution in [3.63, 3.8) is 0 Å². The number of hydrogen-bond donors (Lipinski definition) is 0. The predicted octanol–water partition coefficient (Wildman–Crippen LogP) is 10.1. The maximum absolute atomic E-state index is 12.6. The first kappa shape index (κ1) is 32.4. The molecule has 0 bridgehead atoms. The zero-order valence-electron chi connectivity index (χ0n) is 25.7. The van der Waals surface area contributed by atoms with Crippen LogP contribution < -0.4 is 4.74 Å². The Labute approximate surface area is 248 Å². The van der Waals surface area contributed by atoms with Crippen molar-refractivity contribution in [2.75, 3.05) is 19.8 Å². The van der Waals surface area contributed by atoms with Gasteiger partial charge >= 0.3 is 5.97 Å². The maximum atomic E-state index is 12.6. The number of carbonyl (C=O) groups is 1. The summed E-state index contributed by atoms with van der Waals surface area (Å²) in [5.74, 6) is 1.17. The van der Waals surface area contributed by atoms with Crippen molar-refractivity contribution in [1.82, 2.24) is 0 Å². The Morgan fingerprint density at radius 1 is 0.634 bits per heavy atom. The van der Waals surface area contributed by atoms with Crippen LogP contribution in [-0.2, 0) is 9.47 Å². The fraction of sp³-hybridized carbons (Fsp3) is 0.486. The number of rotatable bonds is 19. The highest BCUT2D eigenvalue weighted by atomic mass is 16.6. The molecule has 0 saturated heterocycles. The van der Waals surface area contributed by atoms with Gasteiger partial charge in [0, 0.05) is 6.61 Å². The fourth-order valence-corrected chi connectivity index (χ4v) is 4.86. The summed E-state index contributed by atoms with van der Waals surface area (Å²) in [5, 5.41) is 0. The van der Waals surface area contributed by atoms with Gasteiger partial charge in [0.25, 0.3) is 0 Å². The summed E-state index contributed by atoms with van der Waals surface area (Å²) in [6, 6.07) is 24.5. The first-order chi connectivity index (χ1) is 20.0. The van der Waals surface area contributed by atoms with Crippen LogP contribution in [-0.4, -0.2) is 31.9 Å². The van der Waals surface area contributed by atoms with Gasteiger partial charge < -0.3 is 14.2 Å². The predicted molar refractivity (Wildman–Crippen MR) is 171 cm³/mol. The monoisotopic (exact) mass is 558 g/mol. The number of benzene rings is 3. The van der Waals surface area contributed by atoms with Crippen molar-refractivity contribution < 1.29 is 19.0 Å². The van der Waals surface area contributed by atoms with Crippen LogP contribution in [0.2, 0.25) is 0 Å². The number of esters is 1. The summed E-state index contributed by atoms with van der Waals surface area (Å²) < 4.78 is 17.3. The molecule has 4 nitrogen and oxygen atoms in total. The SMILES string of the molecule is CCCCCCCCCOc1ccc(-c2ccc(-c3ccc(C(=O)O[C@@H](C)COCC(CC)CC)cc3)cc2)cc1. The van der Waals surface area contributed by atoms with Gasteiger partial charge in [-0.15, -0.1) is 0 Å². The molecule has 0 N–H and O–H groups in total. The van der Waals surface area contributed by atoms with Crippen LogP contribution >= 0.6 is 0 Å². The quantitative estimate of drug-likeness (QED) is 0.108. The number of ether oxygens (including phenoxy) is 3. The second-order valence-corrected chi connectivity index (χ2v) is 11.1. The van der Waals surface area contributed by atoms with Crippen LogP contribution in [0.1, 0.15) is 95.8 Å². The van der Waals surface area contributed by atoms with Crippen molar-refractivity contribution in [3.05, 3.63) is 78.4 Å². The average Bonchev–Trinajstić information content (AvgIpc) is 3.01. The normalized spacial score (nSPS) is 11.9. The van der Waals surface area contributed by atoms with E-state index in [2.05, 4.69) is 69.3 Å². The van der Waals surface area contributed by atoms with Gasteiger partial charge in [-0.25, -0.2) is 4.79 Å². The molecule has 0 radical (unpaired) electrons. The Bertz CT molecular complexity index is 1120. The second-order valence-electron chi connectivity index (χ2n) is 11.1. The average molecular weight is 559 g/mol. The van der Waals surface area contributed by atoms with E-state index in [4.69, 9.17) is 14.2 Å². The van der Waals surface area contributed by atoms with Crippen LogP contribution in [0.3, 0.4) is 0 Å². The summed E-state index contributed by atoms with van der Waals surface area (Å²) in [6.07, 6.45) is 10.9. The minimum Gasteiger partial charge on any atom is -0.494 e. The molecule has 0 aliphatic carbocycles. The van der Waals surface area contributed by atoms with Gasteiger partial charge in [0.2, 0.25) is 0 Å². The molecule has 1 atom stereocenters. The second kappa shape index (κ2) is 18.3. The van der Waals surface area contributed by atoms with Gasteiger partial charge in [0.05, 0.1) is 18.8 Å². The molecule has 3 aromatic rings. The lowest BCUT2D eigenvalue weighted by atomic mass is 9.99. The van der Waals surface area contributed by atoms with Gasteiger partial charge in [-0.05, 0) is 65.8 Å². The van der Waals surface area contributed by atoms with Gasteiger partial charge in [0.15, 0.2) is 0 Å². The molecular weight excluding hydrogens is 508 g/mol. The van der Waals surface area contributed by atoms with E-state index in [9.17, 15) is 4.79 Å². The third kappa shape index (κ3) is 11.4. The van der Waals surface area contributed by atoms with E-state index in [0.717, 1.165) is 53.9 Å². The standard InChI is InChI=1S/C37H50O4/c1-5-8-9-10-11-12-13-26-40-36-24-22-34(23-25-36)32-16-14-31(15-17-32)33-18-20-35(21-19-33)37(38)41-29(4)27-39-28-30(6-2)7-3/h14-25,29-30H,5-13,26-28H2,1-4H3/t29-/m0/s1. The summed E-state index contributed by atoms with van der Waals surface area (Å²) in [6.45, 7) is 10.4. The van der Waals surface area contributed by atoms with E-state index < -0.39 is 0 Å².